The molecule has 0 radical (unpaired) electrons. The molecular formula is C15H20O. The summed E-state index contributed by atoms with van der Waals surface area (Å²) in [6, 6.07) is 6.44. The van der Waals surface area contributed by atoms with Gasteiger partial charge in [0.25, 0.3) is 0 Å². The number of carbonyl (C=O) groups excluding carboxylic acids is 1. The molecule has 1 aromatic rings. The van der Waals surface area contributed by atoms with Crippen LogP contribution in [-0.4, -0.2) is 5.78 Å². The van der Waals surface area contributed by atoms with Crippen LogP contribution in [-0.2, 0) is 12.8 Å². The molecule has 86 valence electrons. The van der Waals surface area contributed by atoms with Gasteiger partial charge in [0, 0.05) is 12.0 Å². The molecule has 0 amide bonds. The third-order valence-electron chi connectivity index (χ3n) is 3.06. The highest BCUT2D eigenvalue weighted by Crippen LogP contribution is 2.26. The molecule has 0 saturated carbocycles. The molecule has 0 spiro atoms. The quantitative estimate of drug-likeness (QED) is 0.698. The maximum absolute atomic E-state index is 11.8. The smallest absolute Gasteiger partial charge is 0.163 e. The van der Waals surface area contributed by atoms with Gasteiger partial charge < -0.3 is 0 Å². The molecule has 0 atom stereocenters. The standard InChI is InChI=1S/C15H20O/c1-15(2,3)10-11-7-8-12-5-4-6-14(16)13(12)9-11/h7-9H,4-6,10H2,1-3H3. The second kappa shape index (κ2) is 4.04. The molecule has 0 saturated heterocycles. The third-order valence-corrected chi connectivity index (χ3v) is 3.06. The number of rotatable bonds is 1. The predicted molar refractivity (Wildman–Crippen MR) is 66.9 cm³/mol. The fourth-order valence-corrected chi connectivity index (χ4v) is 2.40. The van der Waals surface area contributed by atoms with Gasteiger partial charge in [-0.3, -0.25) is 4.79 Å². The Bertz CT molecular complexity index is 410. The van der Waals surface area contributed by atoms with Crippen molar-refractivity contribution in [1.29, 1.82) is 0 Å². The maximum atomic E-state index is 11.8. The molecule has 0 N–H and O–H groups in total. The summed E-state index contributed by atoms with van der Waals surface area (Å²) in [6.07, 6.45) is 3.85. The molecule has 0 fully saturated rings. The first kappa shape index (κ1) is 11.4. The number of fused-ring (bicyclic) bond motifs is 1. The van der Waals surface area contributed by atoms with E-state index in [0.29, 0.717) is 5.78 Å². The Kier molecular flexibility index (Phi) is 2.88. The lowest BCUT2D eigenvalue weighted by atomic mass is 9.84. The van der Waals surface area contributed by atoms with Crippen LogP contribution in [0.4, 0.5) is 0 Å². The van der Waals surface area contributed by atoms with Crippen molar-refractivity contribution in [2.24, 2.45) is 5.41 Å². The van der Waals surface area contributed by atoms with Crippen molar-refractivity contribution >= 4 is 5.78 Å². The Morgan fingerprint density at radius 1 is 1.19 bits per heavy atom. The molecule has 0 unspecified atom stereocenters. The number of Topliss-reactive ketones (excluding diaryl/α,β-unsaturated/α-hetero) is 1. The van der Waals surface area contributed by atoms with E-state index in [1.807, 2.05) is 0 Å². The van der Waals surface area contributed by atoms with Gasteiger partial charge in [0.15, 0.2) is 5.78 Å². The average molecular weight is 216 g/mol. The van der Waals surface area contributed by atoms with Crippen molar-refractivity contribution in [3.05, 3.63) is 34.9 Å². The second-order valence-corrected chi connectivity index (χ2v) is 6.01. The van der Waals surface area contributed by atoms with Gasteiger partial charge in [0.05, 0.1) is 0 Å². The molecule has 1 aromatic carbocycles. The van der Waals surface area contributed by atoms with Crippen molar-refractivity contribution in [3.63, 3.8) is 0 Å². The molecule has 1 aliphatic carbocycles. The monoisotopic (exact) mass is 216 g/mol. The molecule has 1 aliphatic rings. The van der Waals surface area contributed by atoms with Gasteiger partial charge in [-0.15, -0.1) is 0 Å². The molecule has 0 bridgehead atoms. The number of carbonyl (C=O) groups is 1. The minimum absolute atomic E-state index is 0.284. The summed E-state index contributed by atoms with van der Waals surface area (Å²) in [5, 5.41) is 0. The first-order valence-electron chi connectivity index (χ1n) is 6.11. The van der Waals surface area contributed by atoms with Crippen molar-refractivity contribution in [1.82, 2.24) is 0 Å². The number of aryl methyl sites for hydroxylation is 1. The first-order valence-corrected chi connectivity index (χ1v) is 6.11. The van der Waals surface area contributed by atoms with E-state index in [0.717, 1.165) is 31.2 Å². The fourth-order valence-electron chi connectivity index (χ4n) is 2.40. The average Bonchev–Trinajstić information content (AvgIpc) is 2.17. The lowest BCUT2D eigenvalue weighted by molar-refractivity contribution is 0.0972. The molecular weight excluding hydrogens is 196 g/mol. The molecule has 1 nitrogen and oxygen atoms in total. The number of benzene rings is 1. The summed E-state index contributed by atoms with van der Waals surface area (Å²) < 4.78 is 0. The van der Waals surface area contributed by atoms with E-state index in [1.165, 1.54) is 11.1 Å². The van der Waals surface area contributed by atoms with E-state index in [9.17, 15) is 4.79 Å². The maximum Gasteiger partial charge on any atom is 0.163 e. The van der Waals surface area contributed by atoms with Gasteiger partial charge in [0.2, 0.25) is 0 Å². The largest absolute Gasteiger partial charge is 0.294 e. The highest BCUT2D eigenvalue weighted by Gasteiger charge is 2.18. The van der Waals surface area contributed by atoms with Crippen LogP contribution in [0.2, 0.25) is 0 Å². The lowest BCUT2D eigenvalue weighted by Gasteiger charge is -2.20. The van der Waals surface area contributed by atoms with Gasteiger partial charge in [-0.1, -0.05) is 32.9 Å². The molecule has 16 heavy (non-hydrogen) atoms. The Labute approximate surface area is 97.9 Å². The molecule has 0 heterocycles. The summed E-state index contributed by atoms with van der Waals surface area (Å²) in [7, 11) is 0. The topological polar surface area (TPSA) is 17.1 Å². The lowest BCUT2D eigenvalue weighted by Crippen LogP contribution is -2.13. The zero-order valence-electron chi connectivity index (χ0n) is 10.5. The molecule has 0 aromatic heterocycles. The van der Waals surface area contributed by atoms with Crippen LogP contribution in [0.25, 0.3) is 0 Å². The zero-order valence-corrected chi connectivity index (χ0v) is 10.5. The summed E-state index contributed by atoms with van der Waals surface area (Å²) in [5.41, 5.74) is 3.80. The summed E-state index contributed by atoms with van der Waals surface area (Å²) in [6.45, 7) is 6.69. The van der Waals surface area contributed by atoms with Gasteiger partial charge >= 0.3 is 0 Å². The van der Waals surface area contributed by atoms with Gasteiger partial charge in [-0.2, -0.15) is 0 Å². The van der Waals surface area contributed by atoms with Crippen LogP contribution >= 0.6 is 0 Å². The van der Waals surface area contributed by atoms with E-state index < -0.39 is 0 Å². The minimum atomic E-state index is 0.284. The van der Waals surface area contributed by atoms with Crippen LogP contribution in [0.15, 0.2) is 18.2 Å². The van der Waals surface area contributed by atoms with Gasteiger partial charge in [-0.25, -0.2) is 0 Å². The summed E-state index contributed by atoms with van der Waals surface area (Å²) >= 11 is 0. The predicted octanol–water partition coefficient (Wildman–Crippen LogP) is 3.79. The normalized spacial score (nSPS) is 16.1. The van der Waals surface area contributed by atoms with E-state index in [1.54, 1.807) is 0 Å². The number of hydrogen-bond donors (Lipinski definition) is 0. The molecule has 0 aliphatic heterocycles. The van der Waals surface area contributed by atoms with Crippen molar-refractivity contribution in [2.75, 3.05) is 0 Å². The second-order valence-electron chi connectivity index (χ2n) is 6.01. The van der Waals surface area contributed by atoms with E-state index in [4.69, 9.17) is 0 Å². The van der Waals surface area contributed by atoms with E-state index >= 15 is 0 Å². The molecule has 1 heteroatoms. The SMILES string of the molecule is CC(C)(C)Cc1ccc2c(c1)C(=O)CCC2. The van der Waals surface area contributed by atoms with E-state index in [2.05, 4.69) is 39.0 Å². The third kappa shape index (κ3) is 2.52. The first-order chi connectivity index (χ1) is 7.46. The zero-order chi connectivity index (χ0) is 11.8. The van der Waals surface area contributed by atoms with Crippen LogP contribution in [0.5, 0.6) is 0 Å². The van der Waals surface area contributed by atoms with Gasteiger partial charge in [-0.05, 0) is 41.9 Å². The number of ketones is 1. The van der Waals surface area contributed by atoms with E-state index in [-0.39, 0.29) is 5.41 Å². The summed E-state index contributed by atoms with van der Waals surface area (Å²) in [5.74, 6) is 0.331. The van der Waals surface area contributed by atoms with Crippen LogP contribution < -0.4 is 0 Å². The minimum Gasteiger partial charge on any atom is -0.294 e. The van der Waals surface area contributed by atoms with Crippen molar-refractivity contribution < 1.29 is 4.79 Å². The van der Waals surface area contributed by atoms with Crippen molar-refractivity contribution in [3.8, 4) is 0 Å². The Balaban J connectivity index is 2.31. The Morgan fingerprint density at radius 2 is 1.94 bits per heavy atom. The number of hydrogen-bond acceptors (Lipinski definition) is 1. The highest BCUT2D eigenvalue weighted by molar-refractivity contribution is 5.98. The van der Waals surface area contributed by atoms with Crippen LogP contribution in [0, 0.1) is 5.41 Å². The highest BCUT2D eigenvalue weighted by atomic mass is 16.1. The fraction of sp³-hybridized carbons (Fsp3) is 0.533. The molecule has 2 rings (SSSR count). The Morgan fingerprint density at radius 3 is 2.62 bits per heavy atom. The van der Waals surface area contributed by atoms with Crippen LogP contribution in [0.1, 0.15) is 55.1 Å². The van der Waals surface area contributed by atoms with Crippen molar-refractivity contribution in [2.45, 2.75) is 46.5 Å². The van der Waals surface area contributed by atoms with Gasteiger partial charge in [0.1, 0.15) is 0 Å². The summed E-state index contributed by atoms with van der Waals surface area (Å²) in [4.78, 5) is 11.8. The van der Waals surface area contributed by atoms with Crippen LogP contribution in [0.3, 0.4) is 0 Å². The Hall–Kier alpha value is -1.11.